The Bertz CT molecular complexity index is 729. The molecule has 2 aromatic heterocycles. The second kappa shape index (κ2) is 5.42. The van der Waals surface area contributed by atoms with Crippen molar-refractivity contribution < 1.29 is 9.15 Å². The summed E-state index contributed by atoms with van der Waals surface area (Å²) in [4.78, 5) is 8.48. The molecule has 6 heteroatoms. The minimum absolute atomic E-state index is 0.518. The van der Waals surface area contributed by atoms with Crippen LogP contribution in [-0.2, 0) is 5.75 Å². The van der Waals surface area contributed by atoms with E-state index in [1.165, 1.54) is 11.8 Å². The van der Waals surface area contributed by atoms with Gasteiger partial charge in [0.05, 0.1) is 18.8 Å². The summed E-state index contributed by atoms with van der Waals surface area (Å²) in [5.74, 6) is 1.96. The maximum absolute atomic E-state index is 6.00. The molecule has 20 heavy (non-hydrogen) atoms. The van der Waals surface area contributed by atoms with Crippen LogP contribution in [0.1, 0.15) is 5.56 Å². The van der Waals surface area contributed by atoms with Crippen molar-refractivity contribution >= 4 is 28.5 Å². The number of hydrogen-bond acceptors (Lipinski definition) is 6. The summed E-state index contributed by atoms with van der Waals surface area (Å²) in [7, 11) is 1.63. The zero-order valence-electron chi connectivity index (χ0n) is 10.9. The lowest BCUT2D eigenvalue weighted by atomic mass is 10.1. The number of hydrogen-bond donors (Lipinski definition) is 1. The van der Waals surface area contributed by atoms with E-state index in [2.05, 4.69) is 9.97 Å². The Morgan fingerprint density at radius 3 is 3.00 bits per heavy atom. The molecule has 0 radical (unpaired) electrons. The third-order valence-electron chi connectivity index (χ3n) is 2.90. The average molecular weight is 287 g/mol. The predicted molar refractivity (Wildman–Crippen MR) is 78.8 cm³/mol. The number of anilines is 1. The maximum atomic E-state index is 6.00. The van der Waals surface area contributed by atoms with Crippen molar-refractivity contribution in [3.05, 3.63) is 42.3 Å². The number of benzene rings is 1. The minimum atomic E-state index is 0.518. The fourth-order valence-electron chi connectivity index (χ4n) is 1.87. The number of aromatic nitrogens is 2. The van der Waals surface area contributed by atoms with Gasteiger partial charge in [0, 0.05) is 22.8 Å². The Morgan fingerprint density at radius 1 is 1.35 bits per heavy atom. The van der Waals surface area contributed by atoms with Crippen LogP contribution in [0.15, 0.2) is 46.4 Å². The fourth-order valence-corrected chi connectivity index (χ4v) is 2.64. The summed E-state index contributed by atoms with van der Waals surface area (Å²) in [5, 5.41) is 1.65. The van der Waals surface area contributed by atoms with Crippen LogP contribution in [-0.4, -0.2) is 17.1 Å². The van der Waals surface area contributed by atoms with E-state index in [0.717, 1.165) is 22.2 Å². The Balaban J connectivity index is 1.89. The average Bonchev–Trinajstić information content (AvgIpc) is 2.97. The van der Waals surface area contributed by atoms with E-state index in [-0.39, 0.29) is 0 Å². The number of nitrogen functional groups attached to an aromatic ring is 1. The first-order chi connectivity index (χ1) is 9.76. The highest BCUT2D eigenvalue weighted by Gasteiger charge is 2.07. The summed E-state index contributed by atoms with van der Waals surface area (Å²) >= 11 is 1.49. The molecule has 0 saturated carbocycles. The van der Waals surface area contributed by atoms with Gasteiger partial charge in [0.25, 0.3) is 5.22 Å². The molecular formula is C14H13N3O2S. The highest BCUT2D eigenvalue weighted by molar-refractivity contribution is 7.98. The van der Waals surface area contributed by atoms with E-state index in [9.17, 15) is 0 Å². The van der Waals surface area contributed by atoms with Gasteiger partial charge >= 0.3 is 0 Å². The van der Waals surface area contributed by atoms with Gasteiger partial charge in [0.1, 0.15) is 17.8 Å². The van der Waals surface area contributed by atoms with Crippen LogP contribution in [0.4, 0.5) is 5.82 Å². The number of pyridine rings is 1. The second-order valence-corrected chi connectivity index (χ2v) is 5.10. The van der Waals surface area contributed by atoms with Crippen LogP contribution in [0.2, 0.25) is 0 Å². The number of fused-ring (bicyclic) bond motifs is 1. The molecule has 3 aromatic rings. The molecule has 0 unspecified atom stereocenters. The monoisotopic (exact) mass is 287 g/mol. The summed E-state index contributed by atoms with van der Waals surface area (Å²) in [6.07, 6.45) is 3.17. The van der Waals surface area contributed by atoms with E-state index in [4.69, 9.17) is 14.9 Å². The summed E-state index contributed by atoms with van der Waals surface area (Å²) in [6.45, 7) is 0. The summed E-state index contributed by atoms with van der Waals surface area (Å²) in [5.41, 5.74) is 7.79. The summed E-state index contributed by atoms with van der Waals surface area (Å²) < 4.78 is 10.4. The summed E-state index contributed by atoms with van der Waals surface area (Å²) in [6, 6.07) is 7.79. The Labute approximate surface area is 120 Å². The van der Waals surface area contributed by atoms with Gasteiger partial charge in [-0.3, -0.25) is 0 Å². The number of methoxy groups -OCH3 is 1. The van der Waals surface area contributed by atoms with E-state index >= 15 is 0 Å². The van der Waals surface area contributed by atoms with Crippen LogP contribution in [0.5, 0.6) is 5.75 Å². The van der Waals surface area contributed by atoms with Gasteiger partial charge < -0.3 is 14.9 Å². The molecule has 1 aromatic carbocycles. The smallest absolute Gasteiger partial charge is 0.255 e. The molecule has 0 amide bonds. The lowest BCUT2D eigenvalue weighted by Crippen LogP contribution is -1.97. The van der Waals surface area contributed by atoms with Gasteiger partial charge in [-0.15, -0.1) is 0 Å². The Kier molecular flexibility index (Phi) is 3.47. The molecule has 102 valence electrons. The van der Waals surface area contributed by atoms with Crippen molar-refractivity contribution in [3.8, 4) is 5.75 Å². The van der Waals surface area contributed by atoms with Gasteiger partial charge in [-0.2, -0.15) is 0 Å². The maximum Gasteiger partial charge on any atom is 0.255 e. The van der Waals surface area contributed by atoms with Gasteiger partial charge in [-0.25, -0.2) is 9.97 Å². The molecule has 2 heterocycles. The van der Waals surface area contributed by atoms with Crippen molar-refractivity contribution in [1.82, 2.24) is 9.97 Å². The lowest BCUT2D eigenvalue weighted by Gasteiger charge is -2.07. The normalized spacial score (nSPS) is 10.8. The molecule has 0 aliphatic carbocycles. The van der Waals surface area contributed by atoms with E-state index in [0.29, 0.717) is 16.8 Å². The molecule has 0 spiro atoms. The van der Waals surface area contributed by atoms with Crippen molar-refractivity contribution in [1.29, 1.82) is 0 Å². The first-order valence-corrected chi connectivity index (χ1v) is 7.00. The molecule has 2 N–H and O–H groups in total. The van der Waals surface area contributed by atoms with Crippen LogP contribution < -0.4 is 10.5 Å². The van der Waals surface area contributed by atoms with Gasteiger partial charge in [-0.05, 0) is 18.2 Å². The van der Waals surface area contributed by atoms with E-state index in [1.807, 2.05) is 24.3 Å². The highest BCUT2D eigenvalue weighted by Crippen LogP contribution is 2.27. The van der Waals surface area contributed by atoms with E-state index < -0.39 is 0 Å². The standard InChI is InChI=1S/C14H13N3O2S/c1-18-11-3-2-9-6-10(13(15)17-12(9)7-11)8-20-14-16-4-5-19-14/h2-7H,8H2,1H3,(H2,15,17). The zero-order valence-corrected chi connectivity index (χ0v) is 11.7. The number of nitrogens with zero attached hydrogens (tertiary/aromatic N) is 2. The van der Waals surface area contributed by atoms with Crippen molar-refractivity contribution in [2.75, 3.05) is 12.8 Å². The van der Waals surface area contributed by atoms with E-state index in [1.54, 1.807) is 19.6 Å². The molecule has 0 aliphatic rings. The molecule has 0 bridgehead atoms. The number of nitrogens with two attached hydrogens (primary N) is 1. The number of oxazole rings is 1. The van der Waals surface area contributed by atoms with Gasteiger partial charge in [-0.1, -0.05) is 11.8 Å². The quantitative estimate of drug-likeness (QED) is 0.743. The second-order valence-electron chi connectivity index (χ2n) is 4.18. The molecule has 0 atom stereocenters. The van der Waals surface area contributed by atoms with Crippen LogP contribution in [0, 0.1) is 0 Å². The molecule has 3 rings (SSSR count). The molecular weight excluding hydrogens is 274 g/mol. The Morgan fingerprint density at radius 2 is 2.25 bits per heavy atom. The first-order valence-electron chi connectivity index (χ1n) is 6.01. The SMILES string of the molecule is COc1ccc2cc(CSc3ncco3)c(N)nc2c1. The lowest BCUT2D eigenvalue weighted by molar-refractivity contribution is 0.415. The van der Waals surface area contributed by atoms with Gasteiger partial charge in [0.15, 0.2) is 0 Å². The largest absolute Gasteiger partial charge is 0.497 e. The Hall–Kier alpha value is -2.21. The third kappa shape index (κ3) is 2.55. The predicted octanol–water partition coefficient (Wildman–Crippen LogP) is 3.11. The fraction of sp³-hybridized carbons (Fsp3) is 0.143. The highest BCUT2D eigenvalue weighted by atomic mass is 32.2. The van der Waals surface area contributed by atoms with Crippen molar-refractivity contribution in [2.45, 2.75) is 11.0 Å². The van der Waals surface area contributed by atoms with Crippen LogP contribution in [0.3, 0.4) is 0 Å². The molecule has 5 nitrogen and oxygen atoms in total. The third-order valence-corrected chi connectivity index (χ3v) is 3.80. The van der Waals surface area contributed by atoms with Gasteiger partial charge in [0.2, 0.25) is 0 Å². The first kappa shape index (κ1) is 12.8. The van der Waals surface area contributed by atoms with Crippen LogP contribution in [0.25, 0.3) is 10.9 Å². The van der Waals surface area contributed by atoms with Crippen molar-refractivity contribution in [3.63, 3.8) is 0 Å². The molecule has 0 saturated heterocycles. The zero-order chi connectivity index (χ0) is 13.9. The molecule has 0 fully saturated rings. The van der Waals surface area contributed by atoms with Crippen LogP contribution >= 0.6 is 11.8 Å². The molecule has 0 aliphatic heterocycles. The number of ether oxygens (including phenoxy) is 1. The minimum Gasteiger partial charge on any atom is -0.497 e. The topological polar surface area (TPSA) is 74.2 Å². The number of thioether (sulfide) groups is 1. The number of rotatable bonds is 4. The van der Waals surface area contributed by atoms with Crippen molar-refractivity contribution in [2.24, 2.45) is 0 Å².